The Bertz CT molecular complexity index is 696. The molecule has 0 saturated carbocycles. The van der Waals surface area contributed by atoms with Crippen molar-refractivity contribution in [1.29, 1.82) is 0 Å². The Morgan fingerprint density at radius 3 is 2.88 bits per heavy atom. The second-order valence-electron chi connectivity index (χ2n) is 6.45. The second-order valence-corrected chi connectivity index (χ2v) is 7.45. The molecule has 1 atom stereocenters. The summed E-state index contributed by atoms with van der Waals surface area (Å²) in [6.45, 7) is 6.69. The fourth-order valence-corrected chi connectivity index (χ4v) is 4.09. The van der Waals surface area contributed by atoms with Gasteiger partial charge in [-0.3, -0.25) is 4.79 Å². The summed E-state index contributed by atoms with van der Waals surface area (Å²) in [5, 5.41) is 5.34. The number of fused-ring (bicyclic) bond motifs is 1. The molecule has 0 spiro atoms. The van der Waals surface area contributed by atoms with Crippen LogP contribution < -0.4 is 10.1 Å². The van der Waals surface area contributed by atoms with Gasteiger partial charge >= 0.3 is 0 Å². The van der Waals surface area contributed by atoms with Crippen molar-refractivity contribution in [3.05, 3.63) is 51.7 Å². The van der Waals surface area contributed by atoms with Gasteiger partial charge in [-0.1, -0.05) is 24.6 Å². The summed E-state index contributed by atoms with van der Waals surface area (Å²) in [7, 11) is 0. The largest absolute Gasteiger partial charge is 0.491 e. The van der Waals surface area contributed by atoms with E-state index in [1.54, 1.807) is 11.3 Å². The number of hydrogen-bond donors (Lipinski definition) is 1. The molecular formula is C20H26N2O2S. The highest BCUT2D eigenvalue weighted by atomic mass is 32.1. The van der Waals surface area contributed by atoms with E-state index in [1.807, 2.05) is 29.2 Å². The Morgan fingerprint density at radius 1 is 1.32 bits per heavy atom. The molecule has 0 bridgehead atoms. The number of rotatable bonds is 7. The number of benzene rings is 1. The van der Waals surface area contributed by atoms with Crippen molar-refractivity contribution < 1.29 is 9.53 Å². The van der Waals surface area contributed by atoms with Crippen LogP contribution in [0, 0.1) is 6.92 Å². The lowest BCUT2D eigenvalue weighted by molar-refractivity contribution is -0.133. The van der Waals surface area contributed by atoms with Crippen LogP contribution in [-0.2, 0) is 11.2 Å². The standard InChI is InChI=1S/C20H26N2O2S/c1-3-10-21-13-20(23)22-11-8-19-17(9-12-25-19)18(22)14-24-16-6-4-15(2)5-7-16/h4-7,9,12,18,21H,3,8,10-11,13-14H2,1-2H3/t18-/m1/s1. The highest BCUT2D eigenvalue weighted by molar-refractivity contribution is 7.10. The highest BCUT2D eigenvalue weighted by Crippen LogP contribution is 2.33. The first kappa shape index (κ1) is 18.0. The molecular weight excluding hydrogens is 332 g/mol. The molecule has 25 heavy (non-hydrogen) atoms. The molecule has 0 aliphatic carbocycles. The van der Waals surface area contributed by atoms with Gasteiger partial charge in [0.2, 0.25) is 5.91 Å². The van der Waals surface area contributed by atoms with E-state index >= 15 is 0 Å². The molecule has 1 amide bonds. The Labute approximate surface area is 153 Å². The Kier molecular flexibility index (Phi) is 6.10. The Balaban J connectivity index is 1.71. The van der Waals surface area contributed by atoms with Gasteiger partial charge in [0.25, 0.3) is 0 Å². The van der Waals surface area contributed by atoms with Crippen LogP contribution in [0.2, 0.25) is 0 Å². The molecule has 0 saturated heterocycles. The maximum atomic E-state index is 12.7. The molecule has 134 valence electrons. The molecule has 2 aromatic rings. The minimum atomic E-state index is -0.00719. The molecule has 2 heterocycles. The van der Waals surface area contributed by atoms with Crippen LogP contribution in [-0.4, -0.2) is 37.0 Å². The third-order valence-electron chi connectivity index (χ3n) is 4.55. The zero-order chi connectivity index (χ0) is 17.6. The highest BCUT2D eigenvalue weighted by Gasteiger charge is 2.31. The average molecular weight is 359 g/mol. The van der Waals surface area contributed by atoms with Crippen LogP contribution in [0.15, 0.2) is 35.7 Å². The lowest BCUT2D eigenvalue weighted by Gasteiger charge is -2.36. The van der Waals surface area contributed by atoms with Gasteiger partial charge in [-0.25, -0.2) is 0 Å². The van der Waals surface area contributed by atoms with Gasteiger partial charge in [0.15, 0.2) is 0 Å². The molecule has 1 aromatic carbocycles. The summed E-state index contributed by atoms with van der Waals surface area (Å²) in [4.78, 5) is 16.0. The van der Waals surface area contributed by atoms with E-state index in [2.05, 4.69) is 30.6 Å². The number of carbonyl (C=O) groups excluding carboxylic acids is 1. The molecule has 5 heteroatoms. The van der Waals surface area contributed by atoms with Crippen molar-refractivity contribution >= 4 is 17.2 Å². The first-order valence-electron chi connectivity index (χ1n) is 8.95. The smallest absolute Gasteiger partial charge is 0.237 e. The summed E-state index contributed by atoms with van der Waals surface area (Å²) >= 11 is 1.78. The third-order valence-corrected chi connectivity index (χ3v) is 5.54. The van der Waals surface area contributed by atoms with Gasteiger partial charge in [0.1, 0.15) is 12.4 Å². The fraction of sp³-hybridized carbons (Fsp3) is 0.450. The van der Waals surface area contributed by atoms with Gasteiger partial charge in [-0.2, -0.15) is 0 Å². The number of hydrogen-bond acceptors (Lipinski definition) is 4. The molecule has 1 aliphatic heterocycles. The van der Waals surface area contributed by atoms with Crippen molar-refractivity contribution in [2.75, 3.05) is 26.2 Å². The Morgan fingerprint density at radius 2 is 2.12 bits per heavy atom. The van der Waals surface area contributed by atoms with E-state index in [4.69, 9.17) is 4.74 Å². The number of ether oxygens (including phenoxy) is 1. The first-order valence-corrected chi connectivity index (χ1v) is 9.83. The molecule has 1 aromatic heterocycles. The van der Waals surface area contributed by atoms with Gasteiger partial charge < -0.3 is 15.0 Å². The number of carbonyl (C=O) groups is 1. The fourth-order valence-electron chi connectivity index (χ4n) is 3.16. The summed E-state index contributed by atoms with van der Waals surface area (Å²) in [6.07, 6.45) is 1.97. The minimum absolute atomic E-state index is 0.00719. The predicted molar refractivity (Wildman–Crippen MR) is 102 cm³/mol. The number of nitrogens with zero attached hydrogens (tertiary/aromatic N) is 1. The summed E-state index contributed by atoms with van der Waals surface area (Å²) < 4.78 is 6.02. The topological polar surface area (TPSA) is 41.6 Å². The number of thiophene rings is 1. The number of aryl methyl sites for hydroxylation is 1. The SMILES string of the molecule is CCCNCC(=O)N1CCc2sccc2[C@H]1COc1ccc(C)cc1. The lowest BCUT2D eigenvalue weighted by Crippen LogP contribution is -2.45. The van der Waals surface area contributed by atoms with E-state index in [0.717, 1.165) is 31.7 Å². The number of amides is 1. The summed E-state index contributed by atoms with van der Waals surface area (Å²) in [5.74, 6) is 1.01. The normalized spacial score (nSPS) is 16.6. The maximum absolute atomic E-state index is 12.7. The van der Waals surface area contributed by atoms with Crippen LogP contribution in [0.1, 0.15) is 35.4 Å². The second kappa shape index (κ2) is 8.50. The Hall–Kier alpha value is -1.85. The molecule has 0 unspecified atom stereocenters. The van der Waals surface area contributed by atoms with Crippen molar-refractivity contribution in [2.24, 2.45) is 0 Å². The van der Waals surface area contributed by atoms with Crippen LogP contribution in [0.3, 0.4) is 0 Å². The van der Waals surface area contributed by atoms with Gasteiger partial charge in [-0.15, -0.1) is 11.3 Å². The average Bonchev–Trinajstić information content (AvgIpc) is 3.10. The van der Waals surface area contributed by atoms with Gasteiger partial charge in [-0.05, 0) is 55.5 Å². The van der Waals surface area contributed by atoms with Crippen LogP contribution in [0.25, 0.3) is 0 Å². The minimum Gasteiger partial charge on any atom is -0.491 e. The van der Waals surface area contributed by atoms with Crippen molar-refractivity contribution in [3.8, 4) is 5.75 Å². The zero-order valence-electron chi connectivity index (χ0n) is 15.0. The quantitative estimate of drug-likeness (QED) is 0.770. The molecule has 4 nitrogen and oxygen atoms in total. The summed E-state index contributed by atoms with van der Waals surface area (Å²) in [5.41, 5.74) is 2.45. The van der Waals surface area contributed by atoms with Gasteiger partial charge in [0, 0.05) is 11.4 Å². The molecule has 0 fully saturated rings. The van der Waals surface area contributed by atoms with E-state index in [1.165, 1.54) is 16.0 Å². The monoisotopic (exact) mass is 358 g/mol. The molecule has 0 radical (unpaired) electrons. The predicted octanol–water partition coefficient (Wildman–Crippen LogP) is 3.56. The van der Waals surface area contributed by atoms with E-state index in [9.17, 15) is 4.79 Å². The first-order chi connectivity index (χ1) is 12.2. The zero-order valence-corrected chi connectivity index (χ0v) is 15.8. The van der Waals surface area contributed by atoms with Crippen LogP contribution in [0.5, 0.6) is 5.75 Å². The van der Waals surface area contributed by atoms with Crippen molar-refractivity contribution in [1.82, 2.24) is 10.2 Å². The van der Waals surface area contributed by atoms with Crippen LogP contribution >= 0.6 is 11.3 Å². The van der Waals surface area contributed by atoms with Crippen molar-refractivity contribution in [3.63, 3.8) is 0 Å². The van der Waals surface area contributed by atoms with Gasteiger partial charge in [0.05, 0.1) is 12.6 Å². The lowest BCUT2D eigenvalue weighted by atomic mass is 10.0. The van der Waals surface area contributed by atoms with E-state index in [-0.39, 0.29) is 11.9 Å². The van der Waals surface area contributed by atoms with Crippen LogP contribution in [0.4, 0.5) is 0 Å². The van der Waals surface area contributed by atoms with Crippen molar-refractivity contribution in [2.45, 2.75) is 32.7 Å². The molecule has 1 aliphatic rings. The van der Waals surface area contributed by atoms with E-state index < -0.39 is 0 Å². The molecule has 1 N–H and O–H groups in total. The maximum Gasteiger partial charge on any atom is 0.237 e. The summed E-state index contributed by atoms with van der Waals surface area (Å²) in [6, 6.07) is 10.2. The molecule has 3 rings (SSSR count). The third kappa shape index (κ3) is 4.41. The number of nitrogens with one attached hydrogen (secondary N) is 1. The van der Waals surface area contributed by atoms with E-state index in [0.29, 0.717) is 13.2 Å².